The van der Waals surface area contributed by atoms with Gasteiger partial charge in [-0.1, -0.05) is 19.1 Å². The molecule has 100 valence electrons. The predicted octanol–water partition coefficient (Wildman–Crippen LogP) is 3.87. The molecule has 2 aromatic rings. The molecule has 0 aliphatic rings. The Kier molecular flexibility index (Phi) is 4.47. The second-order valence-electron chi connectivity index (χ2n) is 4.11. The van der Waals surface area contributed by atoms with Crippen LogP contribution in [0.2, 0.25) is 0 Å². The van der Waals surface area contributed by atoms with Crippen LogP contribution in [-0.2, 0) is 6.54 Å². The van der Waals surface area contributed by atoms with Crippen LogP contribution in [0.15, 0.2) is 42.5 Å². The van der Waals surface area contributed by atoms with Crippen LogP contribution in [-0.4, -0.2) is 6.54 Å². The summed E-state index contributed by atoms with van der Waals surface area (Å²) in [6, 6.07) is 11.0. The fourth-order valence-electron chi connectivity index (χ4n) is 1.66. The molecule has 0 aromatic heterocycles. The number of ether oxygens (including phenoxy) is 1. The molecule has 4 heteroatoms. The molecule has 0 bridgehead atoms. The highest BCUT2D eigenvalue weighted by Gasteiger charge is 2.04. The van der Waals surface area contributed by atoms with Crippen molar-refractivity contribution in [2.75, 3.05) is 6.54 Å². The normalized spacial score (nSPS) is 10.5. The maximum absolute atomic E-state index is 13.1. The van der Waals surface area contributed by atoms with Crippen molar-refractivity contribution in [3.63, 3.8) is 0 Å². The molecule has 0 saturated heterocycles. The second-order valence-corrected chi connectivity index (χ2v) is 4.11. The van der Waals surface area contributed by atoms with Crippen LogP contribution in [0.1, 0.15) is 12.5 Å². The number of benzene rings is 2. The standard InChI is InChI=1S/C15H15F2NO/c1-2-18-10-11-4-3-5-12(8-11)19-13-6-7-14(16)15(17)9-13/h3-9,18H,2,10H2,1H3. The van der Waals surface area contributed by atoms with Crippen molar-refractivity contribution in [1.82, 2.24) is 5.32 Å². The van der Waals surface area contributed by atoms with Gasteiger partial charge in [-0.05, 0) is 36.4 Å². The highest BCUT2D eigenvalue weighted by Crippen LogP contribution is 2.23. The molecule has 0 unspecified atom stereocenters. The molecule has 0 aliphatic carbocycles. The Morgan fingerprint density at radius 2 is 1.79 bits per heavy atom. The number of halogens is 2. The molecular formula is C15H15F2NO. The van der Waals surface area contributed by atoms with Gasteiger partial charge in [0, 0.05) is 12.6 Å². The Morgan fingerprint density at radius 1 is 1.00 bits per heavy atom. The zero-order chi connectivity index (χ0) is 13.7. The van der Waals surface area contributed by atoms with E-state index in [4.69, 9.17) is 4.74 Å². The van der Waals surface area contributed by atoms with Crippen molar-refractivity contribution in [2.45, 2.75) is 13.5 Å². The first-order valence-corrected chi connectivity index (χ1v) is 6.11. The molecule has 0 amide bonds. The van der Waals surface area contributed by atoms with Crippen molar-refractivity contribution in [3.05, 3.63) is 59.7 Å². The quantitative estimate of drug-likeness (QED) is 0.884. The van der Waals surface area contributed by atoms with E-state index >= 15 is 0 Å². The minimum Gasteiger partial charge on any atom is -0.457 e. The van der Waals surface area contributed by atoms with Gasteiger partial charge in [-0.15, -0.1) is 0 Å². The van der Waals surface area contributed by atoms with E-state index in [1.54, 1.807) is 6.07 Å². The Labute approximate surface area is 111 Å². The fraction of sp³-hybridized carbons (Fsp3) is 0.200. The molecule has 0 heterocycles. The summed E-state index contributed by atoms with van der Waals surface area (Å²) in [5.74, 6) is -0.921. The SMILES string of the molecule is CCNCc1cccc(Oc2ccc(F)c(F)c2)c1. The molecule has 0 aliphatic heterocycles. The van der Waals surface area contributed by atoms with E-state index < -0.39 is 11.6 Å². The Balaban J connectivity index is 2.11. The lowest BCUT2D eigenvalue weighted by atomic mass is 10.2. The molecule has 19 heavy (non-hydrogen) atoms. The van der Waals surface area contributed by atoms with Crippen molar-refractivity contribution in [3.8, 4) is 11.5 Å². The first kappa shape index (κ1) is 13.5. The first-order valence-electron chi connectivity index (χ1n) is 6.11. The Hall–Kier alpha value is -1.94. The van der Waals surface area contributed by atoms with E-state index in [0.29, 0.717) is 5.75 Å². The smallest absolute Gasteiger partial charge is 0.162 e. The zero-order valence-corrected chi connectivity index (χ0v) is 10.6. The molecular weight excluding hydrogens is 248 g/mol. The summed E-state index contributed by atoms with van der Waals surface area (Å²) in [5, 5.41) is 3.21. The lowest BCUT2D eigenvalue weighted by Gasteiger charge is -2.08. The third kappa shape index (κ3) is 3.76. The molecule has 0 spiro atoms. The van der Waals surface area contributed by atoms with Gasteiger partial charge in [-0.2, -0.15) is 0 Å². The third-order valence-corrected chi connectivity index (χ3v) is 2.60. The van der Waals surface area contributed by atoms with Gasteiger partial charge < -0.3 is 10.1 Å². The van der Waals surface area contributed by atoms with Gasteiger partial charge in [0.1, 0.15) is 11.5 Å². The van der Waals surface area contributed by atoms with Crippen molar-refractivity contribution < 1.29 is 13.5 Å². The minimum absolute atomic E-state index is 0.277. The summed E-state index contributed by atoms with van der Waals surface area (Å²) >= 11 is 0. The average molecular weight is 263 g/mol. The summed E-state index contributed by atoms with van der Waals surface area (Å²) in [6.07, 6.45) is 0. The monoisotopic (exact) mass is 263 g/mol. The maximum atomic E-state index is 13.1. The van der Waals surface area contributed by atoms with Crippen molar-refractivity contribution >= 4 is 0 Å². The molecule has 0 atom stereocenters. The second kappa shape index (κ2) is 6.29. The number of nitrogens with one attached hydrogen (secondary N) is 1. The van der Waals surface area contributed by atoms with E-state index in [1.807, 2.05) is 25.1 Å². The van der Waals surface area contributed by atoms with Gasteiger partial charge in [0.05, 0.1) is 0 Å². The van der Waals surface area contributed by atoms with Gasteiger partial charge in [0.2, 0.25) is 0 Å². The van der Waals surface area contributed by atoms with Gasteiger partial charge in [0.15, 0.2) is 11.6 Å². The molecule has 0 fully saturated rings. The Bertz CT molecular complexity index is 558. The van der Waals surface area contributed by atoms with E-state index in [2.05, 4.69) is 5.32 Å². The summed E-state index contributed by atoms with van der Waals surface area (Å²) in [7, 11) is 0. The number of hydrogen-bond donors (Lipinski definition) is 1. The van der Waals surface area contributed by atoms with Gasteiger partial charge in [-0.25, -0.2) is 8.78 Å². The Morgan fingerprint density at radius 3 is 2.53 bits per heavy atom. The van der Waals surface area contributed by atoms with E-state index in [-0.39, 0.29) is 5.75 Å². The number of hydrogen-bond acceptors (Lipinski definition) is 2. The predicted molar refractivity (Wildman–Crippen MR) is 70.3 cm³/mol. The highest BCUT2D eigenvalue weighted by atomic mass is 19.2. The first-order chi connectivity index (χ1) is 9.19. The summed E-state index contributed by atoms with van der Waals surface area (Å²) in [4.78, 5) is 0. The van der Waals surface area contributed by atoms with Crippen LogP contribution < -0.4 is 10.1 Å². The van der Waals surface area contributed by atoms with Crippen LogP contribution in [0.25, 0.3) is 0 Å². The van der Waals surface area contributed by atoms with Gasteiger partial charge in [-0.3, -0.25) is 0 Å². The van der Waals surface area contributed by atoms with Crippen molar-refractivity contribution in [1.29, 1.82) is 0 Å². The average Bonchev–Trinajstić information content (AvgIpc) is 2.41. The molecule has 2 aromatic carbocycles. The minimum atomic E-state index is -0.915. The molecule has 0 radical (unpaired) electrons. The topological polar surface area (TPSA) is 21.3 Å². The van der Waals surface area contributed by atoms with E-state index in [1.165, 1.54) is 6.07 Å². The lowest BCUT2D eigenvalue weighted by Crippen LogP contribution is -2.11. The van der Waals surface area contributed by atoms with E-state index in [9.17, 15) is 8.78 Å². The van der Waals surface area contributed by atoms with Gasteiger partial charge >= 0.3 is 0 Å². The van der Waals surface area contributed by atoms with Crippen LogP contribution in [0.3, 0.4) is 0 Å². The van der Waals surface area contributed by atoms with Crippen LogP contribution in [0.4, 0.5) is 8.78 Å². The van der Waals surface area contributed by atoms with Crippen LogP contribution in [0.5, 0.6) is 11.5 Å². The summed E-state index contributed by atoms with van der Waals surface area (Å²) < 4.78 is 31.4. The van der Waals surface area contributed by atoms with Crippen LogP contribution in [0, 0.1) is 11.6 Å². The summed E-state index contributed by atoms with van der Waals surface area (Å²) in [5.41, 5.74) is 1.07. The fourth-order valence-corrected chi connectivity index (χ4v) is 1.66. The largest absolute Gasteiger partial charge is 0.457 e. The molecule has 0 saturated carbocycles. The highest BCUT2D eigenvalue weighted by molar-refractivity contribution is 5.34. The third-order valence-electron chi connectivity index (χ3n) is 2.60. The van der Waals surface area contributed by atoms with Crippen LogP contribution >= 0.6 is 0 Å². The molecule has 1 N–H and O–H groups in total. The zero-order valence-electron chi connectivity index (χ0n) is 10.6. The van der Waals surface area contributed by atoms with Crippen molar-refractivity contribution in [2.24, 2.45) is 0 Å². The summed E-state index contributed by atoms with van der Waals surface area (Å²) in [6.45, 7) is 3.65. The maximum Gasteiger partial charge on any atom is 0.162 e. The van der Waals surface area contributed by atoms with E-state index in [0.717, 1.165) is 30.8 Å². The molecule has 2 rings (SSSR count). The molecule has 2 nitrogen and oxygen atoms in total. The lowest BCUT2D eigenvalue weighted by molar-refractivity contribution is 0.461. The number of rotatable bonds is 5. The van der Waals surface area contributed by atoms with Gasteiger partial charge in [0.25, 0.3) is 0 Å².